The molecule has 0 aliphatic carbocycles. The molecule has 2 nitrogen and oxygen atoms in total. The number of benzene rings is 3. The van der Waals surface area contributed by atoms with Crippen molar-refractivity contribution in [1.82, 2.24) is 9.13 Å². The maximum atomic E-state index is 2.31. The average Bonchev–Trinajstić information content (AvgIpc) is 3.22. The van der Waals surface area contributed by atoms with Crippen LogP contribution in [0, 0.1) is 6.92 Å². The first-order chi connectivity index (χ1) is 13.6. The number of aryl methyl sites for hydroxylation is 3. The summed E-state index contributed by atoms with van der Waals surface area (Å²) in [6.07, 6.45) is 4.62. The quantitative estimate of drug-likeness (QED) is 0.363. The van der Waals surface area contributed by atoms with Gasteiger partial charge < -0.3 is 9.13 Å². The second kappa shape index (κ2) is 6.42. The lowest BCUT2D eigenvalue weighted by molar-refractivity contribution is 0.907. The zero-order chi connectivity index (χ0) is 19.3. The number of hydrogen-bond donors (Lipinski definition) is 0. The van der Waals surface area contributed by atoms with Crippen LogP contribution in [0.2, 0.25) is 0 Å². The highest BCUT2D eigenvalue weighted by Crippen LogP contribution is 2.41. The summed E-state index contributed by atoms with van der Waals surface area (Å²) >= 11 is 0. The van der Waals surface area contributed by atoms with Gasteiger partial charge in [0.25, 0.3) is 0 Å². The van der Waals surface area contributed by atoms with Gasteiger partial charge in [0.1, 0.15) is 0 Å². The van der Waals surface area contributed by atoms with E-state index >= 15 is 0 Å². The van der Waals surface area contributed by atoms with Crippen LogP contribution < -0.4 is 0 Å². The van der Waals surface area contributed by atoms with E-state index < -0.39 is 0 Å². The van der Waals surface area contributed by atoms with Gasteiger partial charge in [0.15, 0.2) is 0 Å². The van der Waals surface area contributed by atoms with Crippen molar-refractivity contribution in [3.05, 3.63) is 107 Å². The Kier molecular flexibility index (Phi) is 3.87. The first-order valence-corrected chi connectivity index (χ1v) is 9.78. The Balaban J connectivity index is 1.87. The Labute approximate surface area is 165 Å². The molecule has 5 aromatic rings. The highest BCUT2D eigenvalue weighted by molar-refractivity contribution is 5.89. The molecule has 0 bridgehead atoms. The molecule has 2 aromatic heterocycles. The minimum absolute atomic E-state index is 0.193. The number of aromatic nitrogens is 2. The summed E-state index contributed by atoms with van der Waals surface area (Å²) in [5.74, 6) is 0.193. The Morgan fingerprint density at radius 3 is 1.57 bits per heavy atom. The molecule has 28 heavy (non-hydrogen) atoms. The number of nitrogens with zero attached hydrogens (tertiary/aromatic N) is 2. The van der Waals surface area contributed by atoms with E-state index in [1.165, 1.54) is 44.1 Å². The van der Waals surface area contributed by atoms with Crippen LogP contribution in [0.15, 0.2) is 85.2 Å². The van der Waals surface area contributed by atoms with Crippen LogP contribution >= 0.6 is 0 Å². The van der Waals surface area contributed by atoms with Gasteiger partial charge in [0.2, 0.25) is 0 Å². The van der Waals surface area contributed by atoms with E-state index in [9.17, 15) is 0 Å². The Morgan fingerprint density at radius 2 is 1.04 bits per heavy atom. The van der Waals surface area contributed by atoms with E-state index in [2.05, 4.69) is 115 Å². The third kappa shape index (κ3) is 2.49. The zero-order valence-electron chi connectivity index (χ0n) is 16.6. The molecule has 3 aromatic carbocycles. The molecule has 0 fully saturated rings. The monoisotopic (exact) mass is 364 g/mol. The van der Waals surface area contributed by atoms with Gasteiger partial charge in [-0.3, -0.25) is 0 Å². The van der Waals surface area contributed by atoms with Crippen molar-refractivity contribution in [3.63, 3.8) is 0 Å². The molecule has 0 aliphatic rings. The van der Waals surface area contributed by atoms with E-state index in [0.717, 1.165) is 0 Å². The molecule has 0 spiro atoms. The topological polar surface area (TPSA) is 9.86 Å². The Morgan fingerprint density at radius 1 is 0.571 bits per heavy atom. The van der Waals surface area contributed by atoms with Crippen molar-refractivity contribution in [1.29, 1.82) is 0 Å². The zero-order valence-corrected chi connectivity index (χ0v) is 16.6. The van der Waals surface area contributed by atoms with E-state index in [1.54, 1.807) is 0 Å². The van der Waals surface area contributed by atoms with Gasteiger partial charge in [0, 0.05) is 54.2 Å². The predicted molar refractivity (Wildman–Crippen MR) is 118 cm³/mol. The van der Waals surface area contributed by atoms with Crippen molar-refractivity contribution in [2.45, 2.75) is 12.8 Å². The van der Waals surface area contributed by atoms with Crippen LogP contribution in [0.4, 0.5) is 0 Å². The summed E-state index contributed by atoms with van der Waals surface area (Å²) in [5, 5.41) is 2.65. The first-order valence-electron chi connectivity index (χ1n) is 9.78. The van der Waals surface area contributed by atoms with Gasteiger partial charge in [-0.25, -0.2) is 0 Å². The maximum absolute atomic E-state index is 2.31. The van der Waals surface area contributed by atoms with Crippen molar-refractivity contribution < 1.29 is 0 Å². The SMILES string of the molecule is Cc1ccccc1C(c1cn(C)c2ccccc12)c1cn(C)c2ccccc12. The summed E-state index contributed by atoms with van der Waals surface area (Å²) in [6.45, 7) is 2.22. The van der Waals surface area contributed by atoms with Gasteiger partial charge >= 0.3 is 0 Å². The average molecular weight is 364 g/mol. The maximum Gasteiger partial charge on any atom is 0.0480 e. The summed E-state index contributed by atoms with van der Waals surface area (Å²) in [7, 11) is 4.29. The van der Waals surface area contributed by atoms with Gasteiger partial charge in [-0.2, -0.15) is 0 Å². The van der Waals surface area contributed by atoms with Crippen LogP contribution in [-0.2, 0) is 14.1 Å². The molecule has 0 amide bonds. The molecule has 138 valence electrons. The molecule has 0 saturated heterocycles. The van der Waals surface area contributed by atoms with Crippen molar-refractivity contribution >= 4 is 21.8 Å². The van der Waals surface area contributed by atoms with Crippen LogP contribution in [0.1, 0.15) is 28.2 Å². The number of hydrogen-bond acceptors (Lipinski definition) is 0. The largest absolute Gasteiger partial charge is 0.350 e. The van der Waals surface area contributed by atoms with Crippen molar-refractivity contribution in [3.8, 4) is 0 Å². The van der Waals surface area contributed by atoms with Crippen LogP contribution in [0.3, 0.4) is 0 Å². The highest BCUT2D eigenvalue weighted by Gasteiger charge is 2.25. The number of fused-ring (bicyclic) bond motifs is 2. The molecule has 0 radical (unpaired) electrons. The molecule has 5 rings (SSSR count). The molecular formula is C26H24N2. The molecule has 0 saturated carbocycles. The Bertz CT molecular complexity index is 1220. The fraction of sp³-hybridized carbons (Fsp3) is 0.154. The van der Waals surface area contributed by atoms with E-state index in [1.807, 2.05) is 0 Å². The molecular weight excluding hydrogens is 340 g/mol. The summed E-state index contributed by atoms with van der Waals surface area (Å²) < 4.78 is 4.50. The summed E-state index contributed by atoms with van der Waals surface area (Å²) in [5.41, 5.74) is 7.98. The van der Waals surface area contributed by atoms with E-state index in [-0.39, 0.29) is 5.92 Å². The lowest BCUT2D eigenvalue weighted by atomic mass is 9.83. The van der Waals surface area contributed by atoms with Crippen molar-refractivity contribution in [2.24, 2.45) is 14.1 Å². The molecule has 0 N–H and O–H groups in total. The second-order valence-corrected chi connectivity index (χ2v) is 7.71. The number of para-hydroxylation sites is 2. The van der Waals surface area contributed by atoms with E-state index in [4.69, 9.17) is 0 Å². The van der Waals surface area contributed by atoms with Gasteiger partial charge in [0.05, 0.1) is 0 Å². The van der Waals surface area contributed by atoms with Gasteiger partial charge in [-0.05, 0) is 41.3 Å². The van der Waals surface area contributed by atoms with Crippen LogP contribution in [0.25, 0.3) is 21.8 Å². The standard InChI is InChI=1S/C26H24N2/c1-18-10-4-5-11-19(18)26(22-16-27(2)24-14-8-6-12-20(22)24)23-17-28(3)25-15-9-7-13-21(23)25/h4-17,26H,1-3H3. The second-order valence-electron chi connectivity index (χ2n) is 7.71. The Hall–Kier alpha value is -3.26. The first kappa shape index (κ1) is 16.9. The third-order valence-electron chi connectivity index (χ3n) is 5.98. The molecule has 0 atom stereocenters. The molecule has 2 heterocycles. The normalized spacial score (nSPS) is 11.7. The summed E-state index contributed by atoms with van der Waals surface area (Å²) in [4.78, 5) is 0. The predicted octanol–water partition coefficient (Wildman–Crippen LogP) is 6.16. The minimum Gasteiger partial charge on any atom is -0.350 e. The van der Waals surface area contributed by atoms with Crippen LogP contribution in [-0.4, -0.2) is 9.13 Å². The molecule has 0 aliphatic heterocycles. The molecule has 0 unspecified atom stereocenters. The lowest BCUT2D eigenvalue weighted by Crippen LogP contribution is -2.04. The van der Waals surface area contributed by atoms with Crippen molar-refractivity contribution in [2.75, 3.05) is 0 Å². The van der Waals surface area contributed by atoms with Gasteiger partial charge in [-0.15, -0.1) is 0 Å². The molecule has 2 heteroatoms. The fourth-order valence-electron chi connectivity index (χ4n) is 4.62. The lowest BCUT2D eigenvalue weighted by Gasteiger charge is -2.19. The highest BCUT2D eigenvalue weighted by atomic mass is 14.9. The minimum atomic E-state index is 0.193. The third-order valence-corrected chi connectivity index (χ3v) is 5.98. The van der Waals surface area contributed by atoms with E-state index in [0.29, 0.717) is 0 Å². The summed E-state index contributed by atoms with van der Waals surface area (Å²) in [6, 6.07) is 26.2. The fourth-order valence-corrected chi connectivity index (χ4v) is 4.62. The number of rotatable bonds is 3. The smallest absolute Gasteiger partial charge is 0.0480 e. The van der Waals surface area contributed by atoms with Gasteiger partial charge in [-0.1, -0.05) is 60.7 Å². The van der Waals surface area contributed by atoms with Crippen LogP contribution in [0.5, 0.6) is 0 Å².